The molecule has 0 amide bonds. The Hall–Kier alpha value is -1.11. The van der Waals surface area contributed by atoms with Crippen molar-refractivity contribution < 1.29 is 4.79 Å². The molecule has 1 saturated carbocycles. The maximum atomic E-state index is 8.00. The summed E-state index contributed by atoms with van der Waals surface area (Å²) in [6.45, 7) is 2.00. The SMILES string of the molecule is C=O.c1ccc(C2CCCCC2)cc1. The molecule has 0 atom stereocenters. The molecule has 0 heterocycles. The van der Waals surface area contributed by atoms with E-state index in [9.17, 15) is 0 Å². The van der Waals surface area contributed by atoms with Gasteiger partial charge in [0, 0.05) is 0 Å². The standard InChI is InChI=1S/C12H16.CH2O/c1-3-7-11(8-4-1)12-9-5-2-6-10-12;1-2/h1,3-4,7-8,12H,2,5-6,9-10H2;1H2. The first kappa shape index (κ1) is 11.0. The molecule has 0 saturated heterocycles. The second kappa shape index (κ2) is 6.36. The molecule has 0 spiro atoms. The lowest BCUT2D eigenvalue weighted by Crippen LogP contribution is -2.03. The van der Waals surface area contributed by atoms with Crippen LogP contribution in [0.3, 0.4) is 0 Å². The highest BCUT2D eigenvalue weighted by atomic mass is 16.1. The molecular weight excluding hydrogens is 172 g/mol. The van der Waals surface area contributed by atoms with Crippen molar-refractivity contribution in [3.05, 3.63) is 35.9 Å². The van der Waals surface area contributed by atoms with Crippen LogP contribution in [0.4, 0.5) is 0 Å². The average molecular weight is 190 g/mol. The molecule has 1 aromatic rings. The molecule has 0 N–H and O–H groups in total. The summed E-state index contributed by atoms with van der Waals surface area (Å²) in [6.07, 6.45) is 7.12. The highest BCUT2D eigenvalue weighted by molar-refractivity contribution is 5.19. The van der Waals surface area contributed by atoms with Gasteiger partial charge in [0.1, 0.15) is 6.79 Å². The average Bonchev–Trinajstić information content (AvgIpc) is 2.34. The van der Waals surface area contributed by atoms with E-state index in [1.165, 1.54) is 32.1 Å². The minimum Gasteiger partial charge on any atom is -0.307 e. The zero-order chi connectivity index (χ0) is 10.2. The summed E-state index contributed by atoms with van der Waals surface area (Å²) in [7, 11) is 0. The van der Waals surface area contributed by atoms with Crippen LogP contribution in [-0.2, 0) is 4.79 Å². The van der Waals surface area contributed by atoms with Crippen molar-refractivity contribution in [1.82, 2.24) is 0 Å². The van der Waals surface area contributed by atoms with Gasteiger partial charge in [-0.25, -0.2) is 0 Å². The van der Waals surface area contributed by atoms with Gasteiger partial charge < -0.3 is 4.79 Å². The van der Waals surface area contributed by atoms with Crippen LogP contribution in [0.2, 0.25) is 0 Å². The van der Waals surface area contributed by atoms with Crippen LogP contribution >= 0.6 is 0 Å². The van der Waals surface area contributed by atoms with Crippen LogP contribution in [0.25, 0.3) is 0 Å². The monoisotopic (exact) mass is 190 g/mol. The predicted octanol–water partition coefficient (Wildman–Crippen LogP) is 3.55. The fraction of sp³-hybridized carbons (Fsp3) is 0.462. The van der Waals surface area contributed by atoms with Crippen LogP contribution in [0.5, 0.6) is 0 Å². The molecule has 1 aromatic carbocycles. The second-order valence-electron chi connectivity index (χ2n) is 3.75. The zero-order valence-electron chi connectivity index (χ0n) is 8.61. The Morgan fingerprint density at radius 2 is 1.50 bits per heavy atom. The Labute approximate surface area is 86.1 Å². The van der Waals surface area contributed by atoms with E-state index in [-0.39, 0.29) is 0 Å². The fourth-order valence-electron chi connectivity index (χ4n) is 2.16. The van der Waals surface area contributed by atoms with E-state index in [1.807, 2.05) is 6.79 Å². The van der Waals surface area contributed by atoms with Crippen molar-refractivity contribution in [1.29, 1.82) is 0 Å². The Morgan fingerprint density at radius 1 is 0.929 bits per heavy atom. The zero-order valence-corrected chi connectivity index (χ0v) is 8.61. The third-order valence-electron chi connectivity index (χ3n) is 2.88. The van der Waals surface area contributed by atoms with E-state index in [1.54, 1.807) is 5.56 Å². The summed E-state index contributed by atoms with van der Waals surface area (Å²) in [4.78, 5) is 8.00. The molecule has 76 valence electrons. The molecule has 1 aliphatic carbocycles. The van der Waals surface area contributed by atoms with Gasteiger partial charge in [-0.3, -0.25) is 0 Å². The van der Waals surface area contributed by atoms with Crippen LogP contribution in [0.1, 0.15) is 43.6 Å². The van der Waals surface area contributed by atoms with E-state index in [0.29, 0.717) is 0 Å². The summed E-state index contributed by atoms with van der Waals surface area (Å²) in [5.41, 5.74) is 1.55. The van der Waals surface area contributed by atoms with Crippen molar-refractivity contribution in [2.24, 2.45) is 0 Å². The summed E-state index contributed by atoms with van der Waals surface area (Å²) >= 11 is 0. The maximum Gasteiger partial charge on any atom is 0.106 e. The minimum absolute atomic E-state index is 0.861. The van der Waals surface area contributed by atoms with Crippen molar-refractivity contribution in [2.75, 3.05) is 0 Å². The molecule has 0 aliphatic heterocycles. The third-order valence-corrected chi connectivity index (χ3v) is 2.88. The number of carbonyl (C=O) groups excluding carboxylic acids is 1. The molecule has 1 nitrogen and oxygen atoms in total. The van der Waals surface area contributed by atoms with Gasteiger partial charge in [0.2, 0.25) is 0 Å². The molecule has 0 unspecified atom stereocenters. The molecule has 14 heavy (non-hydrogen) atoms. The van der Waals surface area contributed by atoms with E-state index in [2.05, 4.69) is 30.3 Å². The number of hydrogen-bond donors (Lipinski definition) is 0. The summed E-state index contributed by atoms with van der Waals surface area (Å²) in [5.74, 6) is 0.861. The molecule has 2 rings (SSSR count). The van der Waals surface area contributed by atoms with Gasteiger partial charge in [-0.15, -0.1) is 0 Å². The predicted molar refractivity (Wildman–Crippen MR) is 59.4 cm³/mol. The largest absolute Gasteiger partial charge is 0.307 e. The number of rotatable bonds is 1. The Balaban J connectivity index is 0.000000461. The van der Waals surface area contributed by atoms with Crippen LogP contribution < -0.4 is 0 Å². The van der Waals surface area contributed by atoms with Crippen molar-refractivity contribution >= 4 is 6.79 Å². The molecule has 0 aromatic heterocycles. The Morgan fingerprint density at radius 3 is 2.07 bits per heavy atom. The lowest BCUT2D eigenvalue weighted by molar-refractivity contribution is -0.0979. The van der Waals surface area contributed by atoms with E-state index >= 15 is 0 Å². The summed E-state index contributed by atoms with van der Waals surface area (Å²) in [6, 6.07) is 11.0. The smallest absolute Gasteiger partial charge is 0.106 e. The molecule has 1 fully saturated rings. The van der Waals surface area contributed by atoms with Crippen LogP contribution in [0, 0.1) is 0 Å². The van der Waals surface area contributed by atoms with Gasteiger partial charge in [-0.05, 0) is 24.3 Å². The Bertz CT molecular complexity index is 237. The highest BCUT2D eigenvalue weighted by Gasteiger charge is 2.14. The van der Waals surface area contributed by atoms with E-state index in [0.717, 1.165) is 5.92 Å². The molecule has 0 radical (unpaired) electrons. The van der Waals surface area contributed by atoms with Crippen LogP contribution in [-0.4, -0.2) is 6.79 Å². The first-order chi connectivity index (χ1) is 6.97. The number of hydrogen-bond acceptors (Lipinski definition) is 1. The first-order valence-corrected chi connectivity index (χ1v) is 5.30. The quantitative estimate of drug-likeness (QED) is 0.662. The highest BCUT2D eigenvalue weighted by Crippen LogP contribution is 2.31. The Kier molecular flexibility index (Phi) is 4.98. The maximum absolute atomic E-state index is 8.00. The van der Waals surface area contributed by atoms with E-state index in [4.69, 9.17) is 4.79 Å². The van der Waals surface area contributed by atoms with E-state index < -0.39 is 0 Å². The number of carbonyl (C=O) groups is 1. The van der Waals surface area contributed by atoms with Gasteiger partial charge >= 0.3 is 0 Å². The number of benzene rings is 1. The van der Waals surface area contributed by atoms with Gasteiger partial charge in [-0.1, -0.05) is 49.6 Å². The van der Waals surface area contributed by atoms with Gasteiger partial charge in [0.25, 0.3) is 0 Å². The second-order valence-corrected chi connectivity index (χ2v) is 3.75. The molecule has 1 heteroatoms. The fourth-order valence-corrected chi connectivity index (χ4v) is 2.16. The first-order valence-electron chi connectivity index (χ1n) is 5.30. The molecule has 0 bridgehead atoms. The topological polar surface area (TPSA) is 17.1 Å². The van der Waals surface area contributed by atoms with Crippen molar-refractivity contribution in [3.8, 4) is 0 Å². The normalized spacial score (nSPS) is 16.9. The van der Waals surface area contributed by atoms with Crippen molar-refractivity contribution in [2.45, 2.75) is 38.0 Å². The van der Waals surface area contributed by atoms with Gasteiger partial charge in [-0.2, -0.15) is 0 Å². The minimum atomic E-state index is 0.861. The summed E-state index contributed by atoms with van der Waals surface area (Å²) < 4.78 is 0. The third kappa shape index (κ3) is 2.99. The summed E-state index contributed by atoms with van der Waals surface area (Å²) in [5, 5.41) is 0. The molecular formula is C13H18O. The lowest BCUT2D eigenvalue weighted by atomic mass is 9.84. The lowest BCUT2D eigenvalue weighted by Gasteiger charge is -2.21. The van der Waals surface area contributed by atoms with Gasteiger partial charge in [0.15, 0.2) is 0 Å². The van der Waals surface area contributed by atoms with Crippen molar-refractivity contribution in [3.63, 3.8) is 0 Å². The van der Waals surface area contributed by atoms with Gasteiger partial charge in [0.05, 0.1) is 0 Å². The molecule has 1 aliphatic rings. The van der Waals surface area contributed by atoms with Crippen LogP contribution in [0.15, 0.2) is 30.3 Å².